The number of amides is 2. The van der Waals surface area contributed by atoms with Crippen LogP contribution in [0, 0.1) is 0 Å². The second-order valence-corrected chi connectivity index (χ2v) is 6.67. The summed E-state index contributed by atoms with van der Waals surface area (Å²) in [6, 6.07) is 7.70. The Morgan fingerprint density at radius 3 is 2.76 bits per heavy atom. The van der Waals surface area contributed by atoms with Crippen molar-refractivity contribution in [3.05, 3.63) is 24.3 Å². The summed E-state index contributed by atoms with van der Waals surface area (Å²) in [4.78, 5) is 28.0. The van der Waals surface area contributed by atoms with E-state index in [9.17, 15) is 9.59 Å². The number of hydrogen-bond acceptors (Lipinski definition) is 4. The Morgan fingerprint density at radius 1 is 1.36 bits per heavy atom. The average Bonchev–Trinajstić information content (AvgIpc) is 3.30. The van der Waals surface area contributed by atoms with Gasteiger partial charge in [0.05, 0.1) is 0 Å². The molecule has 25 heavy (non-hydrogen) atoms. The first-order valence-corrected chi connectivity index (χ1v) is 9.22. The van der Waals surface area contributed by atoms with Gasteiger partial charge in [0.1, 0.15) is 5.75 Å². The molecule has 2 aliphatic rings. The molecule has 2 saturated heterocycles. The molecule has 3 rings (SSSR count). The number of hydrogen-bond donors (Lipinski definition) is 1. The summed E-state index contributed by atoms with van der Waals surface area (Å²) in [5.41, 5.74) is 0.894. The molecule has 0 bridgehead atoms. The molecule has 1 aromatic rings. The number of benzene rings is 1. The minimum absolute atomic E-state index is 0.0364. The fourth-order valence-corrected chi connectivity index (χ4v) is 3.53. The zero-order valence-electron chi connectivity index (χ0n) is 14.9. The molecule has 0 aromatic heterocycles. The smallest absolute Gasteiger partial charge is 0.260 e. The molecule has 136 valence electrons. The van der Waals surface area contributed by atoms with Crippen molar-refractivity contribution in [2.45, 2.75) is 38.6 Å². The predicted octanol–water partition coefficient (Wildman–Crippen LogP) is 1.79. The Morgan fingerprint density at radius 2 is 2.16 bits per heavy atom. The van der Waals surface area contributed by atoms with Crippen LogP contribution in [0.1, 0.15) is 32.6 Å². The second kappa shape index (κ2) is 8.34. The van der Waals surface area contributed by atoms with Gasteiger partial charge >= 0.3 is 0 Å². The van der Waals surface area contributed by atoms with Crippen molar-refractivity contribution in [3.8, 4) is 5.75 Å². The van der Waals surface area contributed by atoms with Crippen molar-refractivity contribution >= 4 is 17.5 Å². The normalized spacial score (nSPS) is 20.1. The van der Waals surface area contributed by atoms with E-state index in [1.165, 1.54) is 0 Å². The highest BCUT2D eigenvalue weighted by Crippen LogP contribution is 2.24. The lowest BCUT2D eigenvalue weighted by Crippen LogP contribution is -2.44. The number of nitrogens with one attached hydrogen (secondary N) is 1. The van der Waals surface area contributed by atoms with Crippen LogP contribution in [0.15, 0.2) is 24.3 Å². The van der Waals surface area contributed by atoms with E-state index in [0.29, 0.717) is 12.2 Å². The maximum absolute atomic E-state index is 12.5. The summed E-state index contributed by atoms with van der Waals surface area (Å²) >= 11 is 0. The van der Waals surface area contributed by atoms with Crippen molar-refractivity contribution < 1.29 is 14.3 Å². The maximum Gasteiger partial charge on any atom is 0.260 e. The predicted molar refractivity (Wildman–Crippen MR) is 96.8 cm³/mol. The van der Waals surface area contributed by atoms with Crippen LogP contribution >= 0.6 is 0 Å². The first kappa shape index (κ1) is 17.7. The Bertz CT molecular complexity index is 596. The highest BCUT2D eigenvalue weighted by atomic mass is 16.5. The molecule has 2 aliphatic heterocycles. The van der Waals surface area contributed by atoms with E-state index in [-0.39, 0.29) is 24.5 Å². The number of rotatable bonds is 7. The molecule has 6 heteroatoms. The largest absolute Gasteiger partial charge is 0.484 e. The van der Waals surface area contributed by atoms with Gasteiger partial charge in [-0.3, -0.25) is 9.59 Å². The molecule has 0 radical (unpaired) electrons. The van der Waals surface area contributed by atoms with E-state index >= 15 is 0 Å². The Labute approximate surface area is 149 Å². The Hall–Kier alpha value is -2.08. The number of nitrogens with zero attached hydrogens (tertiary/aromatic N) is 2. The van der Waals surface area contributed by atoms with Crippen molar-refractivity contribution in [3.63, 3.8) is 0 Å². The fraction of sp³-hybridized carbons (Fsp3) is 0.579. The van der Waals surface area contributed by atoms with Gasteiger partial charge in [0.2, 0.25) is 5.91 Å². The third-order valence-electron chi connectivity index (χ3n) is 4.84. The highest BCUT2D eigenvalue weighted by Gasteiger charge is 2.26. The monoisotopic (exact) mass is 345 g/mol. The van der Waals surface area contributed by atoms with Gasteiger partial charge in [0.15, 0.2) is 6.61 Å². The lowest BCUT2D eigenvalue weighted by Gasteiger charge is -2.28. The lowest BCUT2D eigenvalue weighted by molar-refractivity contribution is -0.135. The van der Waals surface area contributed by atoms with Crippen molar-refractivity contribution in [1.82, 2.24) is 10.2 Å². The minimum atomic E-state index is 0.0364. The SMILES string of the molecule is CCCN(C(=O)COc1ccc(N2CCCC2=O)cc1)C1CCNC1. The third-order valence-corrected chi connectivity index (χ3v) is 4.84. The quantitative estimate of drug-likeness (QED) is 0.818. The average molecular weight is 345 g/mol. The van der Waals surface area contributed by atoms with Crippen LogP contribution < -0.4 is 15.0 Å². The maximum atomic E-state index is 12.5. The van der Waals surface area contributed by atoms with Gasteiger partial charge in [-0.1, -0.05) is 6.92 Å². The van der Waals surface area contributed by atoms with Gasteiger partial charge in [-0.2, -0.15) is 0 Å². The number of ether oxygens (including phenoxy) is 1. The van der Waals surface area contributed by atoms with E-state index in [1.54, 1.807) is 4.90 Å². The minimum Gasteiger partial charge on any atom is -0.484 e. The molecule has 1 N–H and O–H groups in total. The summed E-state index contributed by atoms with van der Waals surface area (Å²) in [6.45, 7) is 5.52. The Balaban J connectivity index is 1.54. The molecule has 1 aromatic carbocycles. The highest BCUT2D eigenvalue weighted by molar-refractivity contribution is 5.95. The van der Waals surface area contributed by atoms with Crippen LogP contribution in [-0.4, -0.2) is 55.5 Å². The lowest BCUT2D eigenvalue weighted by atomic mass is 10.2. The molecule has 1 unspecified atom stereocenters. The molecule has 0 aliphatic carbocycles. The Kier molecular flexibility index (Phi) is 5.91. The van der Waals surface area contributed by atoms with Crippen molar-refractivity contribution in [2.24, 2.45) is 0 Å². The molecule has 0 spiro atoms. The topological polar surface area (TPSA) is 61.9 Å². The van der Waals surface area contributed by atoms with Gasteiger partial charge in [-0.15, -0.1) is 0 Å². The third kappa shape index (κ3) is 4.31. The van der Waals surface area contributed by atoms with E-state index in [1.807, 2.05) is 29.2 Å². The number of carbonyl (C=O) groups is 2. The molecular formula is C19H27N3O3. The molecule has 2 heterocycles. The fourth-order valence-electron chi connectivity index (χ4n) is 3.53. The molecular weight excluding hydrogens is 318 g/mol. The van der Waals surface area contributed by atoms with Crippen LogP contribution in [0.25, 0.3) is 0 Å². The molecule has 2 fully saturated rings. The van der Waals surface area contributed by atoms with Crippen LogP contribution in [0.4, 0.5) is 5.69 Å². The van der Waals surface area contributed by atoms with Crippen LogP contribution in [0.5, 0.6) is 5.75 Å². The molecule has 0 saturated carbocycles. The zero-order valence-corrected chi connectivity index (χ0v) is 14.9. The summed E-state index contributed by atoms with van der Waals surface area (Å²) in [7, 11) is 0. The van der Waals surface area contributed by atoms with Gasteiger partial charge < -0.3 is 19.9 Å². The first-order valence-electron chi connectivity index (χ1n) is 9.22. The van der Waals surface area contributed by atoms with Gasteiger partial charge in [0, 0.05) is 37.8 Å². The molecule has 1 atom stereocenters. The van der Waals surface area contributed by atoms with Crippen molar-refractivity contribution in [1.29, 1.82) is 0 Å². The summed E-state index contributed by atoms with van der Waals surface area (Å²) in [6.07, 6.45) is 3.48. The number of carbonyl (C=O) groups excluding carboxylic acids is 2. The second-order valence-electron chi connectivity index (χ2n) is 6.67. The van der Waals surface area contributed by atoms with E-state index in [4.69, 9.17) is 4.74 Å². The summed E-state index contributed by atoms with van der Waals surface area (Å²) in [5, 5.41) is 3.31. The standard InChI is InChI=1S/C19H27N3O3/c1-2-11-21(16-9-10-20-13-16)19(24)14-25-17-7-5-15(6-8-17)22-12-3-4-18(22)23/h5-8,16,20H,2-4,9-14H2,1H3. The van der Waals surface area contributed by atoms with Gasteiger partial charge in [-0.05, 0) is 50.1 Å². The summed E-state index contributed by atoms with van der Waals surface area (Å²) in [5.74, 6) is 0.864. The van der Waals surface area contributed by atoms with Crippen LogP contribution in [0.3, 0.4) is 0 Å². The van der Waals surface area contributed by atoms with E-state index < -0.39 is 0 Å². The van der Waals surface area contributed by atoms with Gasteiger partial charge in [0.25, 0.3) is 5.91 Å². The molecule has 6 nitrogen and oxygen atoms in total. The summed E-state index contributed by atoms with van der Waals surface area (Å²) < 4.78 is 5.68. The van der Waals surface area contributed by atoms with Crippen LogP contribution in [0.2, 0.25) is 0 Å². The van der Waals surface area contributed by atoms with Gasteiger partial charge in [-0.25, -0.2) is 0 Å². The van der Waals surface area contributed by atoms with Crippen molar-refractivity contribution in [2.75, 3.05) is 37.7 Å². The van der Waals surface area contributed by atoms with E-state index in [2.05, 4.69) is 12.2 Å². The number of anilines is 1. The first-order chi connectivity index (χ1) is 12.2. The van der Waals surface area contributed by atoms with E-state index in [0.717, 1.165) is 51.1 Å². The zero-order chi connectivity index (χ0) is 17.6. The molecule has 2 amide bonds. The van der Waals surface area contributed by atoms with Crippen LogP contribution in [-0.2, 0) is 9.59 Å².